The molecule has 0 saturated heterocycles. The summed E-state index contributed by atoms with van der Waals surface area (Å²) in [6.45, 7) is 2.30. The number of nitrogens with one attached hydrogen (secondary N) is 1. The van der Waals surface area contributed by atoms with E-state index in [0.717, 1.165) is 18.4 Å². The van der Waals surface area contributed by atoms with E-state index < -0.39 is 5.54 Å². The van der Waals surface area contributed by atoms with E-state index in [1.165, 1.54) is 18.4 Å². The first-order valence-corrected chi connectivity index (χ1v) is 6.79. The van der Waals surface area contributed by atoms with Gasteiger partial charge in [-0.15, -0.1) is 0 Å². The Labute approximate surface area is 108 Å². The van der Waals surface area contributed by atoms with E-state index >= 15 is 0 Å². The zero-order valence-corrected chi connectivity index (χ0v) is 10.7. The second-order valence-corrected chi connectivity index (χ2v) is 5.20. The average Bonchev–Trinajstić information content (AvgIpc) is 3.11. The molecule has 0 amide bonds. The van der Waals surface area contributed by atoms with E-state index in [1.807, 2.05) is 19.1 Å². The first-order valence-electron chi connectivity index (χ1n) is 6.79. The maximum Gasteiger partial charge on any atom is 0.331 e. The second kappa shape index (κ2) is 4.39. The summed E-state index contributed by atoms with van der Waals surface area (Å²) < 4.78 is 5.31. The fourth-order valence-corrected chi connectivity index (χ4v) is 2.86. The summed E-state index contributed by atoms with van der Waals surface area (Å²) in [6.07, 6.45) is 4.11. The quantitative estimate of drug-likeness (QED) is 0.826. The Hall–Kier alpha value is -1.35. The zero-order valence-electron chi connectivity index (χ0n) is 10.7. The third kappa shape index (κ3) is 1.83. The molecule has 3 heteroatoms. The van der Waals surface area contributed by atoms with Gasteiger partial charge in [0.05, 0.1) is 6.61 Å². The number of hydrogen-bond donors (Lipinski definition) is 1. The molecule has 0 radical (unpaired) electrons. The summed E-state index contributed by atoms with van der Waals surface area (Å²) in [5.41, 5.74) is 1.81. The van der Waals surface area contributed by atoms with Gasteiger partial charge in [0.1, 0.15) is 5.54 Å². The zero-order chi connectivity index (χ0) is 12.6. The molecule has 1 fully saturated rings. The number of hydrogen-bond acceptors (Lipinski definition) is 3. The third-order valence-electron chi connectivity index (χ3n) is 3.90. The largest absolute Gasteiger partial charge is 0.464 e. The maximum atomic E-state index is 12.4. The Bertz CT molecular complexity index is 467. The lowest BCUT2D eigenvalue weighted by atomic mass is 9.91. The van der Waals surface area contributed by atoms with Crippen LogP contribution in [0.4, 0.5) is 0 Å². The number of ether oxygens (including phenoxy) is 1. The monoisotopic (exact) mass is 245 g/mol. The van der Waals surface area contributed by atoms with Gasteiger partial charge in [-0.2, -0.15) is 0 Å². The molecule has 0 spiro atoms. The standard InChI is InChI=1S/C15H19NO2/c1-2-18-14(17)15(16-12-7-8-12)10-9-11-5-3-4-6-13(11)15/h3-6,12,16H,2,7-10H2,1H3. The van der Waals surface area contributed by atoms with Crippen LogP contribution in [0.3, 0.4) is 0 Å². The number of benzene rings is 1. The molecule has 3 nitrogen and oxygen atoms in total. The fourth-order valence-electron chi connectivity index (χ4n) is 2.86. The predicted octanol–water partition coefficient (Wildman–Crippen LogP) is 2.14. The van der Waals surface area contributed by atoms with E-state index in [0.29, 0.717) is 12.6 Å². The van der Waals surface area contributed by atoms with Crippen LogP contribution in [-0.2, 0) is 21.5 Å². The van der Waals surface area contributed by atoms with E-state index in [4.69, 9.17) is 4.74 Å². The Morgan fingerprint density at radius 2 is 2.22 bits per heavy atom. The second-order valence-electron chi connectivity index (χ2n) is 5.20. The summed E-state index contributed by atoms with van der Waals surface area (Å²) in [7, 11) is 0. The Morgan fingerprint density at radius 3 is 2.94 bits per heavy atom. The van der Waals surface area contributed by atoms with Gasteiger partial charge in [0.15, 0.2) is 0 Å². The molecule has 1 aromatic carbocycles. The van der Waals surface area contributed by atoms with Crippen LogP contribution in [0.2, 0.25) is 0 Å². The van der Waals surface area contributed by atoms with Crippen molar-refractivity contribution in [2.75, 3.05) is 6.61 Å². The highest BCUT2D eigenvalue weighted by molar-refractivity contribution is 5.84. The molecule has 1 atom stereocenters. The van der Waals surface area contributed by atoms with E-state index in [9.17, 15) is 4.79 Å². The summed E-state index contributed by atoms with van der Waals surface area (Å²) in [5.74, 6) is -0.109. The van der Waals surface area contributed by atoms with E-state index in [1.54, 1.807) is 0 Å². The minimum atomic E-state index is -0.590. The molecular weight excluding hydrogens is 226 g/mol. The van der Waals surface area contributed by atoms with Gasteiger partial charge in [0.2, 0.25) is 0 Å². The molecule has 18 heavy (non-hydrogen) atoms. The number of aryl methyl sites for hydroxylation is 1. The van der Waals surface area contributed by atoms with Crippen LogP contribution in [0.5, 0.6) is 0 Å². The van der Waals surface area contributed by atoms with Crippen molar-refractivity contribution < 1.29 is 9.53 Å². The number of carbonyl (C=O) groups excluding carboxylic acids is 1. The van der Waals surface area contributed by atoms with Crippen LogP contribution in [0.15, 0.2) is 24.3 Å². The van der Waals surface area contributed by atoms with Gasteiger partial charge >= 0.3 is 5.97 Å². The summed E-state index contributed by atoms with van der Waals surface area (Å²) in [5, 5.41) is 3.53. The first-order chi connectivity index (χ1) is 8.76. The van der Waals surface area contributed by atoms with Crippen LogP contribution in [0.25, 0.3) is 0 Å². The first kappa shape index (κ1) is 11.7. The lowest BCUT2D eigenvalue weighted by Gasteiger charge is -2.29. The highest BCUT2D eigenvalue weighted by Gasteiger charge is 2.48. The van der Waals surface area contributed by atoms with Crippen molar-refractivity contribution in [2.24, 2.45) is 0 Å². The fraction of sp³-hybridized carbons (Fsp3) is 0.533. The van der Waals surface area contributed by atoms with Crippen molar-refractivity contribution >= 4 is 5.97 Å². The Kier molecular flexibility index (Phi) is 2.86. The average molecular weight is 245 g/mol. The molecule has 2 aliphatic rings. The number of carbonyl (C=O) groups is 1. The smallest absolute Gasteiger partial charge is 0.331 e. The third-order valence-corrected chi connectivity index (χ3v) is 3.90. The van der Waals surface area contributed by atoms with Crippen LogP contribution in [0.1, 0.15) is 37.3 Å². The molecule has 0 aliphatic heterocycles. The van der Waals surface area contributed by atoms with Crippen molar-refractivity contribution in [1.82, 2.24) is 5.32 Å². The van der Waals surface area contributed by atoms with Crippen molar-refractivity contribution in [3.8, 4) is 0 Å². The van der Waals surface area contributed by atoms with Crippen molar-refractivity contribution in [2.45, 2.75) is 44.2 Å². The Balaban J connectivity index is 1.98. The van der Waals surface area contributed by atoms with Gasteiger partial charge in [0, 0.05) is 6.04 Å². The van der Waals surface area contributed by atoms with Gasteiger partial charge in [-0.3, -0.25) is 5.32 Å². The molecule has 1 aromatic rings. The molecular formula is C15H19NO2. The highest BCUT2D eigenvalue weighted by Crippen LogP contribution is 2.40. The highest BCUT2D eigenvalue weighted by atomic mass is 16.5. The number of fused-ring (bicyclic) bond motifs is 1. The molecule has 2 aliphatic carbocycles. The molecule has 0 bridgehead atoms. The molecule has 1 unspecified atom stereocenters. The molecule has 1 N–H and O–H groups in total. The van der Waals surface area contributed by atoms with Crippen molar-refractivity contribution in [1.29, 1.82) is 0 Å². The number of esters is 1. The van der Waals surface area contributed by atoms with Gasteiger partial charge in [-0.05, 0) is 43.7 Å². The van der Waals surface area contributed by atoms with Crippen LogP contribution < -0.4 is 5.32 Å². The predicted molar refractivity (Wildman–Crippen MR) is 69.2 cm³/mol. The van der Waals surface area contributed by atoms with Crippen LogP contribution >= 0.6 is 0 Å². The summed E-state index contributed by atoms with van der Waals surface area (Å²) in [4.78, 5) is 12.4. The molecule has 3 rings (SSSR count). The van der Waals surface area contributed by atoms with Gasteiger partial charge in [-0.25, -0.2) is 4.79 Å². The molecule has 0 heterocycles. The topological polar surface area (TPSA) is 38.3 Å². The number of rotatable bonds is 4. The maximum absolute atomic E-state index is 12.4. The SMILES string of the molecule is CCOC(=O)C1(NC2CC2)CCc2ccccc21. The minimum absolute atomic E-state index is 0.109. The summed E-state index contributed by atoms with van der Waals surface area (Å²) >= 11 is 0. The molecule has 0 aromatic heterocycles. The Morgan fingerprint density at radius 1 is 1.44 bits per heavy atom. The van der Waals surface area contributed by atoms with Crippen molar-refractivity contribution in [3.05, 3.63) is 35.4 Å². The van der Waals surface area contributed by atoms with E-state index in [-0.39, 0.29) is 5.97 Å². The van der Waals surface area contributed by atoms with Crippen molar-refractivity contribution in [3.63, 3.8) is 0 Å². The lowest BCUT2D eigenvalue weighted by molar-refractivity contribution is -0.151. The van der Waals surface area contributed by atoms with Gasteiger partial charge in [-0.1, -0.05) is 24.3 Å². The van der Waals surface area contributed by atoms with Gasteiger partial charge in [0.25, 0.3) is 0 Å². The van der Waals surface area contributed by atoms with E-state index in [2.05, 4.69) is 17.4 Å². The van der Waals surface area contributed by atoms with Crippen LogP contribution in [0, 0.1) is 0 Å². The van der Waals surface area contributed by atoms with Gasteiger partial charge < -0.3 is 4.74 Å². The minimum Gasteiger partial charge on any atom is -0.464 e. The normalized spacial score (nSPS) is 25.8. The summed E-state index contributed by atoms with van der Waals surface area (Å²) in [6, 6.07) is 8.71. The lowest BCUT2D eigenvalue weighted by Crippen LogP contribution is -2.49. The van der Waals surface area contributed by atoms with Crippen LogP contribution in [-0.4, -0.2) is 18.6 Å². The molecule has 96 valence electrons. The molecule has 1 saturated carbocycles.